The van der Waals surface area contributed by atoms with Crippen molar-refractivity contribution in [3.63, 3.8) is 0 Å². The molecular weight excluding hydrogens is 370 g/mol. The van der Waals surface area contributed by atoms with Crippen LogP contribution in [0.2, 0.25) is 0 Å². The van der Waals surface area contributed by atoms with Crippen LogP contribution in [0.25, 0.3) is 0 Å². The average Bonchev–Trinajstić information content (AvgIpc) is 2.85. The monoisotopic (exact) mass is 394 g/mol. The first kappa shape index (κ1) is 22.3. The first-order valence-corrected chi connectivity index (χ1v) is 9.01. The molecule has 1 N–H and O–H groups in total. The molecule has 1 atom stereocenters. The van der Waals surface area contributed by atoms with Crippen LogP contribution < -0.4 is 10.1 Å². The summed E-state index contributed by atoms with van der Waals surface area (Å²) in [5.41, 5.74) is -0.131. The van der Waals surface area contributed by atoms with Gasteiger partial charge in [0, 0.05) is 4.88 Å². The van der Waals surface area contributed by atoms with Crippen LogP contribution in [0.3, 0.4) is 0 Å². The van der Waals surface area contributed by atoms with E-state index in [1.807, 2.05) is 0 Å². The number of amides is 1. The predicted molar refractivity (Wildman–Crippen MR) is 95.9 cm³/mol. The van der Waals surface area contributed by atoms with Gasteiger partial charge in [0.05, 0.1) is 7.11 Å². The highest BCUT2D eigenvalue weighted by atomic mass is 32.1. The Balaban J connectivity index is 2.66. The summed E-state index contributed by atoms with van der Waals surface area (Å²) in [5, 5.41) is 2.45. The minimum absolute atomic E-state index is 0.232. The molecule has 0 aliphatic carbocycles. The molecule has 0 spiro atoms. The molecular formula is C16H24BF3NO4S-. The fourth-order valence-electron chi connectivity index (χ4n) is 2.26. The molecule has 0 aromatic carbocycles. The lowest BCUT2D eigenvalue weighted by atomic mass is 9.89. The highest BCUT2D eigenvalue weighted by molar-refractivity contribution is 7.24. The fraction of sp³-hybridized carbons (Fsp3) is 0.625. The minimum atomic E-state index is -5.01. The number of hydrogen-bond acceptors (Lipinski definition) is 5. The number of alkyl carbamates (subject to hydrolysis) is 1. The molecule has 1 amide bonds. The minimum Gasteiger partial charge on any atom is -0.467 e. The molecule has 1 aromatic rings. The topological polar surface area (TPSA) is 64.6 Å². The number of ether oxygens (including phenoxy) is 2. The van der Waals surface area contributed by atoms with E-state index in [-0.39, 0.29) is 6.42 Å². The van der Waals surface area contributed by atoms with Crippen LogP contribution in [0.5, 0.6) is 0 Å². The van der Waals surface area contributed by atoms with Gasteiger partial charge in [0.15, 0.2) is 0 Å². The van der Waals surface area contributed by atoms with E-state index in [1.54, 1.807) is 27.7 Å². The highest BCUT2D eigenvalue weighted by Gasteiger charge is 2.29. The maximum atomic E-state index is 12.8. The third-order valence-electron chi connectivity index (χ3n) is 3.44. The van der Waals surface area contributed by atoms with Crippen LogP contribution in [-0.4, -0.2) is 37.8 Å². The summed E-state index contributed by atoms with van der Waals surface area (Å²) in [6.07, 6.45) is 0.283. The molecule has 148 valence electrons. The Hall–Kier alpha value is -1.71. The molecule has 1 aromatic heterocycles. The second-order valence-corrected chi connectivity index (χ2v) is 8.11. The molecule has 0 radical (unpaired) electrons. The van der Waals surface area contributed by atoms with Gasteiger partial charge < -0.3 is 27.7 Å². The molecule has 0 bridgehead atoms. The standard InChI is InChI=1S/C16H24BF3NO4S/c1-10-9-13(17(18,19)20)26-12(10)8-6-7-11(14(22)24-5)21-15(23)25-16(2,3)4/h9,11H,6-8H2,1-5H3,(H,21,23)/q-1/t11-/m0/s1. The molecule has 0 saturated heterocycles. The Morgan fingerprint density at radius 2 is 1.92 bits per heavy atom. The lowest BCUT2D eigenvalue weighted by Crippen LogP contribution is -2.44. The van der Waals surface area contributed by atoms with Crippen molar-refractivity contribution in [3.05, 3.63) is 16.5 Å². The zero-order chi connectivity index (χ0) is 20.1. The largest absolute Gasteiger partial charge is 0.519 e. The number of aryl methyl sites for hydroxylation is 2. The van der Waals surface area contributed by atoms with Gasteiger partial charge in [0.1, 0.15) is 11.6 Å². The van der Waals surface area contributed by atoms with Crippen LogP contribution in [-0.2, 0) is 20.7 Å². The molecule has 0 aliphatic heterocycles. The number of thiophene rings is 1. The van der Waals surface area contributed by atoms with E-state index in [0.717, 1.165) is 17.4 Å². The first-order valence-electron chi connectivity index (χ1n) is 8.20. The van der Waals surface area contributed by atoms with Crippen molar-refractivity contribution in [3.8, 4) is 0 Å². The van der Waals surface area contributed by atoms with E-state index in [0.29, 0.717) is 23.3 Å². The third-order valence-corrected chi connectivity index (χ3v) is 4.83. The van der Waals surface area contributed by atoms with Gasteiger partial charge in [0.25, 0.3) is 0 Å². The Kier molecular flexibility index (Phi) is 7.55. The number of carbonyl (C=O) groups is 2. The van der Waals surface area contributed by atoms with E-state index in [1.165, 1.54) is 7.11 Å². The maximum Gasteiger partial charge on any atom is 0.519 e. The van der Waals surface area contributed by atoms with Crippen LogP contribution in [0.15, 0.2) is 6.07 Å². The molecule has 26 heavy (non-hydrogen) atoms. The van der Waals surface area contributed by atoms with Gasteiger partial charge in [-0.3, -0.25) is 0 Å². The zero-order valence-electron chi connectivity index (χ0n) is 15.5. The average molecular weight is 394 g/mol. The van der Waals surface area contributed by atoms with Crippen molar-refractivity contribution in [2.24, 2.45) is 0 Å². The Morgan fingerprint density at radius 3 is 2.38 bits per heavy atom. The van der Waals surface area contributed by atoms with Crippen molar-refractivity contribution in [1.29, 1.82) is 0 Å². The summed E-state index contributed by atoms with van der Waals surface area (Å²) < 4.78 is 47.6. The van der Waals surface area contributed by atoms with Crippen molar-refractivity contribution in [1.82, 2.24) is 5.32 Å². The van der Waals surface area contributed by atoms with Crippen LogP contribution in [0, 0.1) is 6.92 Å². The van der Waals surface area contributed by atoms with Crippen LogP contribution >= 0.6 is 11.3 Å². The Bertz CT molecular complexity index is 640. The van der Waals surface area contributed by atoms with Crippen LogP contribution in [0.1, 0.15) is 44.1 Å². The van der Waals surface area contributed by atoms with Crippen molar-refractivity contribution >= 4 is 35.2 Å². The highest BCUT2D eigenvalue weighted by Crippen LogP contribution is 2.22. The van der Waals surface area contributed by atoms with Gasteiger partial charge in [-0.05, 0) is 52.5 Å². The molecule has 10 heteroatoms. The van der Waals surface area contributed by atoms with Gasteiger partial charge in [-0.2, -0.15) is 11.3 Å². The maximum absolute atomic E-state index is 12.8. The number of methoxy groups -OCH3 is 1. The lowest BCUT2D eigenvalue weighted by Gasteiger charge is -2.22. The van der Waals surface area contributed by atoms with E-state index in [4.69, 9.17) is 4.74 Å². The smallest absolute Gasteiger partial charge is 0.467 e. The Morgan fingerprint density at radius 1 is 1.31 bits per heavy atom. The predicted octanol–water partition coefficient (Wildman–Crippen LogP) is 3.50. The SMILES string of the molecule is COC(=O)[C@H](CCCc1sc([B-](F)(F)F)cc1C)NC(=O)OC(C)(C)C. The van der Waals surface area contributed by atoms with Gasteiger partial charge in [-0.25, -0.2) is 9.59 Å². The third kappa shape index (κ3) is 7.27. The van der Waals surface area contributed by atoms with Crippen molar-refractivity contribution in [2.75, 3.05) is 7.11 Å². The van der Waals surface area contributed by atoms with E-state index in [2.05, 4.69) is 10.1 Å². The van der Waals surface area contributed by atoms with E-state index < -0.39 is 35.5 Å². The molecule has 0 fully saturated rings. The van der Waals surface area contributed by atoms with Crippen LogP contribution in [0.4, 0.5) is 17.7 Å². The quantitative estimate of drug-likeness (QED) is 0.568. The number of halogens is 3. The first-order chi connectivity index (χ1) is 11.8. The van der Waals surface area contributed by atoms with Crippen molar-refractivity contribution in [2.45, 2.75) is 58.6 Å². The number of rotatable bonds is 7. The normalized spacial score (nSPS) is 13.2. The molecule has 0 aliphatic rings. The molecule has 1 heterocycles. The summed E-state index contributed by atoms with van der Waals surface area (Å²) in [6, 6.07) is 0.234. The van der Waals surface area contributed by atoms with Gasteiger partial charge >= 0.3 is 19.0 Å². The van der Waals surface area contributed by atoms with Gasteiger partial charge in [-0.15, -0.1) is 0 Å². The number of esters is 1. The zero-order valence-corrected chi connectivity index (χ0v) is 16.3. The van der Waals surface area contributed by atoms with E-state index in [9.17, 15) is 22.5 Å². The number of carbonyl (C=O) groups excluding carboxylic acids is 2. The summed E-state index contributed by atoms with van der Waals surface area (Å²) in [6.45, 7) is 1.70. The summed E-state index contributed by atoms with van der Waals surface area (Å²) in [4.78, 5) is 24.3. The second kappa shape index (κ2) is 8.79. The second-order valence-electron chi connectivity index (χ2n) is 6.94. The summed E-state index contributed by atoms with van der Waals surface area (Å²) >= 11 is 0.729. The lowest BCUT2D eigenvalue weighted by molar-refractivity contribution is -0.143. The molecule has 0 saturated carbocycles. The number of hydrogen-bond donors (Lipinski definition) is 1. The Labute approximate surface area is 155 Å². The molecule has 0 unspecified atom stereocenters. The van der Waals surface area contributed by atoms with Gasteiger partial charge in [0.2, 0.25) is 0 Å². The van der Waals surface area contributed by atoms with Gasteiger partial charge in [-0.1, -0.05) is 10.8 Å². The summed E-state index contributed by atoms with van der Waals surface area (Å²) in [7, 11) is 1.20. The fourth-order valence-corrected chi connectivity index (χ4v) is 3.38. The van der Waals surface area contributed by atoms with Crippen molar-refractivity contribution < 1.29 is 32.0 Å². The molecule has 1 rings (SSSR count). The summed E-state index contributed by atoms with van der Waals surface area (Å²) in [5.74, 6) is -0.627. The van der Waals surface area contributed by atoms with E-state index >= 15 is 0 Å². The number of nitrogens with one attached hydrogen (secondary N) is 1. The molecule has 5 nitrogen and oxygen atoms in total.